The molecular formula is C12H14N2. The summed E-state index contributed by atoms with van der Waals surface area (Å²) >= 11 is 0. The second-order valence-electron chi connectivity index (χ2n) is 3.50. The van der Waals surface area contributed by atoms with E-state index in [4.69, 9.17) is 0 Å². The summed E-state index contributed by atoms with van der Waals surface area (Å²) in [5.41, 5.74) is 2.49. The van der Waals surface area contributed by atoms with Crippen LogP contribution in [0, 0.1) is 0 Å². The van der Waals surface area contributed by atoms with E-state index in [1.165, 1.54) is 11.1 Å². The summed E-state index contributed by atoms with van der Waals surface area (Å²) in [6, 6.07) is 10.6. The molecule has 0 aliphatic carbocycles. The normalized spacial score (nSPS) is 20.9. The van der Waals surface area contributed by atoms with E-state index in [1.54, 1.807) is 0 Å². The fraction of sp³-hybridized carbons (Fsp3) is 0.250. The van der Waals surface area contributed by atoms with Crippen molar-refractivity contribution in [3.05, 3.63) is 42.1 Å². The SMILES string of the molecule is CC1=NC(C)C(c2ccccc2)=CN1. The van der Waals surface area contributed by atoms with E-state index >= 15 is 0 Å². The quantitative estimate of drug-likeness (QED) is 0.715. The van der Waals surface area contributed by atoms with Crippen molar-refractivity contribution in [2.75, 3.05) is 0 Å². The fourth-order valence-corrected chi connectivity index (χ4v) is 1.66. The highest BCUT2D eigenvalue weighted by Gasteiger charge is 2.13. The predicted molar refractivity (Wildman–Crippen MR) is 60.1 cm³/mol. The third-order valence-corrected chi connectivity index (χ3v) is 2.38. The largest absolute Gasteiger partial charge is 0.350 e. The monoisotopic (exact) mass is 186 g/mol. The van der Waals surface area contributed by atoms with Crippen LogP contribution in [0.15, 0.2) is 41.5 Å². The van der Waals surface area contributed by atoms with Crippen LogP contribution in [-0.4, -0.2) is 11.9 Å². The number of amidine groups is 1. The second kappa shape index (κ2) is 3.66. The van der Waals surface area contributed by atoms with Crippen molar-refractivity contribution >= 4 is 11.4 Å². The molecule has 1 unspecified atom stereocenters. The Morgan fingerprint density at radius 2 is 1.93 bits per heavy atom. The van der Waals surface area contributed by atoms with Gasteiger partial charge in [-0.15, -0.1) is 0 Å². The summed E-state index contributed by atoms with van der Waals surface area (Å²) in [5.74, 6) is 0.984. The van der Waals surface area contributed by atoms with Gasteiger partial charge >= 0.3 is 0 Å². The predicted octanol–water partition coefficient (Wildman–Crippen LogP) is 2.44. The number of nitrogens with one attached hydrogen (secondary N) is 1. The van der Waals surface area contributed by atoms with Crippen molar-refractivity contribution in [2.24, 2.45) is 4.99 Å². The zero-order valence-electron chi connectivity index (χ0n) is 8.49. The molecule has 2 heteroatoms. The number of aliphatic imine (C=N–C) groups is 1. The van der Waals surface area contributed by atoms with Crippen molar-refractivity contribution in [1.29, 1.82) is 0 Å². The average Bonchev–Trinajstić information content (AvgIpc) is 2.19. The molecule has 0 spiro atoms. The first kappa shape index (κ1) is 9.00. The summed E-state index contributed by atoms with van der Waals surface area (Å²) in [7, 11) is 0. The van der Waals surface area contributed by atoms with Crippen LogP contribution in [0.5, 0.6) is 0 Å². The van der Waals surface area contributed by atoms with Gasteiger partial charge in [-0.2, -0.15) is 0 Å². The van der Waals surface area contributed by atoms with Crippen LogP contribution in [0.2, 0.25) is 0 Å². The Bertz CT molecular complexity index is 377. The molecule has 0 saturated carbocycles. The Labute approximate surface area is 84.4 Å². The van der Waals surface area contributed by atoms with Gasteiger partial charge < -0.3 is 5.32 Å². The summed E-state index contributed by atoms with van der Waals surface area (Å²) in [5, 5.41) is 3.15. The highest BCUT2D eigenvalue weighted by Crippen LogP contribution is 2.21. The minimum atomic E-state index is 0.249. The molecule has 1 N–H and O–H groups in total. The van der Waals surface area contributed by atoms with Crippen molar-refractivity contribution in [2.45, 2.75) is 19.9 Å². The number of rotatable bonds is 1. The van der Waals surface area contributed by atoms with Crippen LogP contribution in [0.3, 0.4) is 0 Å². The Balaban J connectivity index is 2.30. The van der Waals surface area contributed by atoms with Crippen LogP contribution in [0.4, 0.5) is 0 Å². The lowest BCUT2D eigenvalue weighted by atomic mass is 10.0. The van der Waals surface area contributed by atoms with E-state index in [0.717, 1.165) is 5.84 Å². The van der Waals surface area contributed by atoms with Crippen molar-refractivity contribution in [3.63, 3.8) is 0 Å². The van der Waals surface area contributed by atoms with Crippen molar-refractivity contribution < 1.29 is 0 Å². The molecule has 1 aromatic carbocycles. The van der Waals surface area contributed by atoms with Gasteiger partial charge in [0.1, 0.15) is 0 Å². The number of hydrogen-bond donors (Lipinski definition) is 1. The van der Waals surface area contributed by atoms with Gasteiger partial charge in [-0.05, 0) is 25.0 Å². The third-order valence-electron chi connectivity index (χ3n) is 2.38. The third kappa shape index (κ3) is 1.69. The summed E-state index contributed by atoms with van der Waals surface area (Å²) < 4.78 is 0. The fourth-order valence-electron chi connectivity index (χ4n) is 1.66. The lowest BCUT2D eigenvalue weighted by molar-refractivity contribution is 0.903. The van der Waals surface area contributed by atoms with Gasteiger partial charge in [0.05, 0.1) is 11.9 Å². The molecule has 1 atom stereocenters. The zero-order valence-corrected chi connectivity index (χ0v) is 8.49. The molecule has 2 rings (SSSR count). The second-order valence-corrected chi connectivity index (χ2v) is 3.50. The first-order valence-corrected chi connectivity index (χ1v) is 4.84. The van der Waals surface area contributed by atoms with E-state index in [2.05, 4.69) is 29.4 Å². The van der Waals surface area contributed by atoms with Crippen molar-refractivity contribution in [1.82, 2.24) is 5.32 Å². The molecule has 0 amide bonds. The highest BCUT2D eigenvalue weighted by molar-refractivity contribution is 5.87. The summed E-state index contributed by atoms with van der Waals surface area (Å²) in [6.07, 6.45) is 2.04. The lowest BCUT2D eigenvalue weighted by Crippen LogP contribution is -2.23. The molecule has 1 aromatic rings. The average molecular weight is 186 g/mol. The maximum Gasteiger partial charge on any atom is 0.0978 e. The number of benzene rings is 1. The van der Waals surface area contributed by atoms with Crippen LogP contribution in [-0.2, 0) is 0 Å². The first-order chi connectivity index (χ1) is 6.77. The molecule has 72 valence electrons. The van der Waals surface area contributed by atoms with Crippen LogP contribution in [0.1, 0.15) is 19.4 Å². The Kier molecular flexibility index (Phi) is 2.35. The smallest absolute Gasteiger partial charge is 0.0978 e. The van der Waals surface area contributed by atoms with E-state index < -0.39 is 0 Å². The molecule has 0 fully saturated rings. The standard InChI is InChI=1S/C12H14N2/c1-9-12(8-13-10(2)14-9)11-6-4-3-5-7-11/h3-9H,1-2H3,(H,13,14). The van der Waals surface area contributed by atoms with Crippen LogP contribution >= 0.6 is 0 Å². The molecule has 0 radical (unpaired) electrons. The van der Waals surface area contributed by atoms with Gasteiger partial charge in [0, 0.05) is 6.20 Å². The molecular weight excluding hydrogens is 172 g/mol. The van der Waals surface area contributed by atoms with E-state index in [1.807, 2.05) is 31.3 Å². The molecule has 1 heterocycles. The van der Waals surface area contributed by atoms with Crippen LogP contribution < -0.4 is 5.32 Å². The first-order valence-electron chi connectivity index (χ1n) is 4.84. The van der Waals surface area contributed by atoms with Gasteiger partial charge in [0.25, 0.3) is 0 Å². The van der Waals surface area contributed by atoms with Gasteiger partial charge in [0.15, 0.2) is 0 Å². The number of hydrogen-bond acceptors (Lipinski definition) is 2. The van der Waals surface area contributed by atoms with Crippen LogP contribution in [0.25, 0.3) is 5.57 Å². The van der Waals surface area contributed by atoms with Gasteiger partial charge in [-0.25, -0.2) is 0 Å². The molecule has 14 heavy (non-hydrogen) atoms. The number of nitrogens with zero attached hydrogens (tertiary/aromatic N) is 1. The van der Waals surface area contributed by atoms with Crippen molar-refractivity contribution in [3.8, 4) is 0 Å². The molecule has 0 aromatic heterocycles. The Morgan fingerprint density at radius 3 is 2.57 bits per heavy atom. The van der Waals surface area contributed by atoms with E-state index in [9.17, 15) is 0 Å². The minimum Gasteiger partial charge on any atom is -0.350 e. The maximum atomic E-state index is 4.48. The van der Waals surface area contributed by atoms with E-state index in [0.29, 0.717) is 0 Å². The van der Waals surface area contributed by atoms with E-state index in [-0.39, 0.29) is 6.04 Å². The zero-order chi connectivity index (χ0) is 9.97. The summed E-state index contributed by atoms with van der Waals surface area (Å²) in [6.45, 7) is 4.10. The van der Waals surface area contributed by atoms with Gasteiger partial charge in [-0.3, -0.25) is 4.99 Å². The molecule has 2 nitrogen and oxygen atoms in total. The molecule has 1 aliphatic heterocycles. The topological polar surface area (TPSA) is 24.4 Å². The minimum absolute atomic E-state index is 0.249. The lowest BCUT2D eigenvalue weighted by Gasteiger charge is -2.18. The van der Waals surface area contributed by atoms with Gasteiger partial charge in [-0.1, -0.05) is 30.3 Å². The summed E-state index contributed by atoms with van der Waals surface area (Å²) in [4.78, 5) is 4.48. The van der Waals surface area contributed by atoms with Gasteiger partial charge in [0.2, 0.25) is 0 Å². The maximum absolute atomic E-state index is 4.48. The molecule has 1 aliphatic rings. The highest BCUT2D eigenvalue weighted by atomic mass is 15.0. The molecule has 0 saturated heterocycles. The Hall–Kier alpha value is -1.57. The molecule has 0 bridgehead atoms. The Morgan fingerprint density at radius 1 is 1.21 bits per heavy atom.